The third kappa shape index (κ3) is 5.16. The first-order chi connectivity index (χ1) is 15.8. The minimum absolute atomic E-state index is 0.0237. The summed E-state index contributed by atoms with van der Waals surface area (Å²) in [6.45, 7) is 0. The summed E-state index contributed by atoms with van der Waals surface area (Å²) >= 11 is 0. The van der Waals surface area contributed by atoms with Crippen LogP contribution in [-0.4, -0.2) is 38.0 Å². The molecule has 0 unspecified atom stereocenters. The van der Waals surface area contributed by atoms with Crippen LogP contribution >= 0.6 is 0 Å². The highest BCUT2D eigenvalue weighted by molar-refractivity contribution is 6.06. The molecule has 0 radical (unpaired) electrons. The SMILES string of the molecule is COC(=O)C1=C(C(=O)OC)N(c2ccc(C(=O)Nc3ccc(C(N)=O)cc3)cc2)C=CC=C1. The van der Waals surface area contributed by atoms with E-state index < -0.39 is 17.8 Å². The fourth-order valence-corrected chi connectivity index (χ4v) is 3.06. The third-order valence-electron chi connectivity index (χ3n) is 4.72. The predicted octanol–water partition coefficient (Wildman–Crippen LogP) is 2.53. The normalized spacial score (nSPS) is 12.7. The average Bonchev–Trinajstić information content (AvgIpc) is 3.06. The molecule has 9 heteroatoms. The van der Waals surface area contributed by atoms with Crippen LogP contribution in [0.3, 0.4) is 0 Å². The number of hydrogen-bond donors (Lipinski definition) is 2. The summed E-state index contributed by atoms with van der Waals surface area (Å²) in [5, 5.41) is 2.73. The van der Waals surface area contributed by atoms with Gasteiger partial charge in [-0.25, -0.2) is 9.59 Å². The van der Waals surface area contributed by atoms with Crippen molar-refractivity contribution in [2.45, 2.75) is 0 Å². The Bertz CT molecular complexity index is 1180. The molecular formula is C24H21N3O6. The lowest BCUT2D eigenvalue weighted by Gasteiger charge is -2.23. The first-order valence-electron chi connectivity index (χ1n) is 9.72. The van der Waals surface area contributed by atoms with Crippen molar-refractivity contribution >= 4 is 35.1 Å². The van der Waals surface area contributed by atoms with Crippen molar-refractivity contribution in [2.24, 2.45) is 5.73 Å². The number of carbonyl (C=O) groups is 4. The summed E-state index contributed by atoms with van der Waals surface area (Å²) in [6, 6.07) is 12.6. The Morgan fingerprint density at radius 3 is 2.00 bits per heavy atom. The Labute approximate surface area is 189 Å². The van der Waals surface area contributed by atoms with Crippen LogP contribution in [0.2, 0.25) is 0 Å². The molecule has 33 heavy (non-hydrogen) atoms. The molecule has 2 aromatic rings. The number of methoxy groups -OCH3 is 2. The highest BCUT2D eigenvalue weighted by atomic mass is 16.5. The maximum atomic E-state index is 12.6. The van der Waals surface area contributed by atoms with Gasteiger partial charge < -0.3 is 25.4 Å². The number of allylic oxidation sites excluding steroid dienone is 2. The monoisotopic (exact) mass is 447 g/mol. The molecule has 0 spiro atoms. The number of benzene rings is 2. The number of rotatable bonds is 6. The number of nitrogens with two attached hydrogens (primary N) is 1. The second-order valence-corrected chi connectivity index (χ2v) is 6.76. The zero-order valence-electron chi connectivity index (χ0n) is 17.9. The Morgan fingerprint density at radius 2 is 1.42 bits per heavy atom. The minimum Gasteiger partial charge on any atom is -0.465 e. The molecule has 3 N–H and O–H groups in total. The van der Waals surface area contributed by atoms with E-state index in [-0.39, 0.29) is 17.2 Å². The molecule has 0 aromatic heterocycles. The van der Waals surface area contributed by atoms with E-state index in [0.29, 0.717) is 22.5 Å². The van der Waals surface area contributed by atoms with E-state index in [0.717, 1.165) is 0 Å². The molecule has 0 fully saturated rings. The van der Waals surface area contributed by atoms with Crippen LogP contribution in [0.5, 0.6) is 0 Å². The molecular weight excluding hydrogens is 426 g/mol. The Kier molecular flexibility index (Phi) is 7.04. The van der Waals surface area contributed by atoms with Gasteiger partial charge in [0.1, 0.15) is 5.70 Å². The zero-order chi connectivity index (χ0) is 24.0. The number of nitrogens with zero attached hydrogens (tertiary/aromatic N) is 1. The summed E-state index contributed by atoms with van der Waals surface area (Å²) in [5.74, 6) is -2.36. The number of hydrogen-bond acceptors (Lipinski definition) is 7. The topological polar surface area (TPSA) is 128 Å². The number of carbonyl (C=O) groups excluding carboxylic acids is 4. The molecule has 9 nitrogen and oxygen atoms in total. The van der Waals surface area contributed by atoms with E-state index in [1.54, 1.807) is 54.8 Å². The summed E-state index contributed by atoms with van der Waals surface area (Å²) in [6.07, 6.45) is 6.30. The maximum Gasteiger partial charge on any atom is 0.355 e. The lowest BCUT2D eigenvalue weighted by atomic mass is 10.1. The van der Waals surface area contributed by atoms with E-state index in [1.807, 2.05) is 0 Å². The molecule has 0 atom stereocenters. The molecule has 3 rings (SSSR count). The molecule has 0 bridgehead atoms. The van der Waals surface area contributed by atoms with Crippen molar-refractivity contribution in [1.29, 1.82) is 0 Å². The predicted molar refractivity (Wildman–Crippen MR) is 121 cm³/mol. The number of amides is 2. The van der Waals surface area contributed by atoms with Gasteiger partial charge in [-0.1, -0.05) is 6.08 Å². The van der Waals surface area contributed by atoms with Gasteiger partial charge in [-0.05, 0) is 60.7 Å². The smallest absolute Gasteiger partial charge is 0.355 e. The van der Waals surface area contributed by atoms with Crippen molar-refractivity contribution in [3.05, 3.63) is 95.4 Å². The van der Waals surface area contributed by atoms with Crippen molar-refractivity contribution in [3.63, 3.8) is 0 Å². The van der Waals surface area contributed by atoms with Crippen LogP contribution in [0.25, 0.3) is 0 Å². The van der Waals surface area contributed by atoms with Gasteiger partial charge in [0.25, 0.3) is 5.91 Å². The number of anilines is 2. The lowest BCUT2D eigenvalue weighted by molar-refractivity contribution is -0.139. The van der Waals surface area contributed by atoms with Gasteiger partial charge in [0.05, 0.1) is 19.8 Å². The van der Waals surface area contributed by atoms with Gasteiger partial charge in [0.2, 0.25) is 5.91 Å². The molecule has 2 aromatic carbocycles. The van der Waals surface area contributed by atoms with E-state index in [9.17, 15) is 19.2 Å². The average molecular weight is 447 g/mol. The van der Waals surface area contributed by atoms with Crippen LogP contribution in [0.1, 0.15) is 20.7 Å². The van der Waals surface area contributed by atoms with Crippen LogP contribution in [0, 0.1) is 0 Å². The van der Waals surface area contributed by atoms with Crippen LogP contribution < -0.4 is 16.0 Å². The molecule has 1 heterocycles. The summed E-state index contributed by atoms with van der Waals surface area (Å²) < 4.78 is 9.66. The molecule has 1 aliphatic rings. The second kappa shape index (κ2) is 10.1. The van der Waals surface area contributed by atoms with Gasteiger partial charge in [-0.3, -0.25) is 9.59 Å². The zero-order valence-corrected chi connectivity index (χ0v) is 17.9. The number of nitrogens with one attached hydrogen (secondary N) is 1. The third-order valence-corrected chi connectivity index (χ3v) is 4.72. The molecule has 1 aliphatic heterocycles. The van der Waals surface area contributed by atoms with E-state index in [2.05, 4.69) is 5.32 Å². The number of ether oxygens (including phenoxy) is 2. The van der Waals surface area contributed by atoms with Crippen molar-refractivity contribution in [1.82, 2.24) is 0 Å². The summed E-state index contributed by atoms with van der Waals surface area (Å²) in [7, 11) is 2.43. The molecule has 0 saturated carbocycles. The van der Waals surface area contributed by atoms with E-state index in [1.165, 1.54) is 37.3 Å². The Morgan fingerprint density at radius 1 is 0.818 bits per heavy atom. The van der Waals surface area contributed by atoms with Gasteiger partial charge in [0, 0.05) is 28.7 Å². The highest BCUT2D eigenvalue weighted by Crippen LogP contribution is 2.26. The van der Waals surface area contributed by atoms with Crippen molar-refractivity contribution < 1.29 is 28.7 Å². The second-order valence-electron chi connectivity index (χ2n) is 6.76. The molecule has 0 saturated heterocycles. The van der Waals surface area contributed by atoms with E-state index >= 15 is 0 Å². The largest absolute Gasteiger partial charge is 0.465 e. The van der Waals surface area contributed by atoms with Crippen molar-refractivity contribution in [2.75, 3.05) is 24.4 Å². The fourth-order valence-electron chi connectivity index (χ4n) is 3.06. The first kappa shape index (κ1) is 23.0. The first-order valence-corrected chi connectivity index (χ1v) is 9.72. The van der Waals surface area contributed by atoms with Gasteiger partial charge in [-0.2, -0.15) is 0 Å². The molecule has 0 aliphatic carbocycles. The Hall–Kier alpha value is -4.66. The summed E-state index contributed by atoms with van der Waals surface area (Å²) in [5.41, 5.74) is 6.90. The van der Waals surface area contributed by atoms with Crippen LogP contribution in [0.4, 0.5) is 11.4 Å². The Balaban J connectivity index is 1.87. The lowest BCUT2D eigenvalue weighted by Crippen LogP contribution is -2.27. The fraction of sp³-hybridized carbons (Fsp3) is 0.0833. The summed E-state index contributed by atoms with van der Waals surface area (Å²) in [4.78, 5) is 49.9. The van der Waals surface area contributed by atoms with Gasteiger partial charge >= 0.3 is 11.9 Å². The maximum absolute atomic E-state index is 12.6. The minimum atomic E-state index is -0.729. The number of primary amides is 1. The quantitative estimate of drug-likeness (QED) is 0.651. The van der Waals surface area contributed by atoms with Gasteiger partial charge in [0.15, 0.2) is 0 Å². The van der Waals surface area contributed by atoms with Crippen LogP contribution in [0.15, 0.2) is 84.2 Å². The van der Waals surface area contributed by atoms with E-state index in [4.69, 9.17) is 15.2 Å². The standard InChI is InChI=1S/C24H21N3O6/c1-32-23(30)19-5-3-4-14-27(20(19)24(31)33-2)18-12-8-16(9-13-18)22(29)26-17-10-6-15(7-11-17)21(25)28/h3-14H,1-2H3,(H2,25,28)(H,26,29). The highest BCUT2D eigenvalue weighted by Gasteiger charge is 2.27. The molecule has 2 amide bonds. The molecule has 168 valence electrons. The van der Waals surface area contributed by atoms with Gasteiger partial charge in [-0.15, -0.1) is 0 Å². The van der Waals surface area contributed by atoms with Crippen LogP contribution in [-0.2, 0) is 19.1 Å². The number of esters is 2. The van der Waals surface area contributed by atoms with Crippen molar-refractivity contribution in [3.8, 4) is 0 Å².